The van der Waals surface area contributed by atoms with Gasteiger partial charge in [-0.15, -0.1) is 0 Å². The van der Waals surface area contributed by atoms with Crippen LogP contribution in [0.1, 0.15) is 66.2 Å². The standard InChI is InChI=1S/C17H36O3Si/c1-15-11-10-13-17(18-5,20-15)12-8-9-14-19-21(6,7)16(2,3)4/h15H,8-14H2,1-7H3/t15-,17+/m1/s1. The van der Waals surface area contributed by atoms with Crippen LogP contribution in [0.3, 0.4) is 0 Å². The molecule has 0 aliphatic carbocycles. The monoisotopic (exact) mass is 316 g/mol. The lowest BCUT2D eigenvalue weighted by Gasteiger charge is -2.39. The maximum Gasteiger partial charge on any atom is 0.191 e. The van der Waals surface area contributed by atoms with Gasteiger partial charge < -0.3 is 13.9 Å². The third-order valence-electron chi connectivity index (χ3n) is 5.18. The summed E-state index contributed by atoms with van der Waals surface area (Å²) in [7, 11) is 0.187. The van der Waals surface area contributed by atoms with Gasteiger partial charge in [0.2, 0.25) is 0 Å². The summed E-state index contributed by atoms with van der Waals surface area (Å²) in [5, 5.41) is 0.294. The van der Waals surface area contributed by atoms with Crippen LogP contribution in [0.15, 0.2) is 0 Å². The van der Waals surface area contributed by atoms with Gasteiger partial charge in [0.25, 0.3) is 0 Å². The van der Waals surface area contributed by atoms with Crippen molar-refractivity contribution < 1.29 is 13.9 Å². The van der Waals surface area contributed by atoms with Gasteiger partial charge in [0.1, 0.15) is 0 Å². The Hall–Kier alpha value is 0.0969. The Morgan fingerprint density at radius 3 is 2.43 bits per heavy atom. The van der Waals surface area contributed by atoms with Crippen LogP contribution in [-0.4, -0.2) is 33.9 Å². The topological polar surface area (TPSA) is 27.7 Å². The van der Waals surface area contributed by atoms with Crippen LogP contribution in [0.2, 0.25) is 18.1 Å². The molecule has 0 bridgehead atoms. The summed E-state index contributed by atoms with van der Waals surface area (Å²) in [6.45, 7) is 14.5. The molecule has 1 rings (SSSR count). The molecule has 1 heterocycles. The second kappa shape index (κ2) is 7.58. The molecule has 0 N–H and O–H groups in total. The molecule has 1 fully saturated rings. The van der Waals surface area contributed by atoms with E-state index in [1.54, 1.807) is 7.11 Å². The van der Waals surface area contributed by atoms with Crippen LogP contribution in [-0.2, 0) is 13.9 Å². The average Bonchev–Trinajstić information content (AvgIpc) is 2.37. The van der Waals surface area contributed by atoms with E-state index >= 15 is 0 Å². The van der Waals surface area contributed by atoms with Crippen LogP contribution in [0.4, 0.5) is 0 Å². The maximum atomic E-state index is 6.23. The van der Waals surface area contributed by atoms with Gasteiger partial charge in [0, 0.05) is 26.6 Å². The van der Waals surface area contributed by atoms with E-state index in [-0.39, 0.29) is 5.79 Å². The summed E-state index contributed by atoms with van der Waals surface area (Å²) >= 11 is 0. The van der Waals surface area contributed by atoms with Gasteiger partial charge in [-0.3, -0.25) is 0 Å². The van der Waals surface area contributed by atoms with E-state index in [1.165, 1.54) is 6.42 Å². The molecular weight excluding hydrogens is 280 g/mol. The fourth-order valence-corrected chi connectivity index (χ4v) is 3.71. The summed E-state index contributed by atoms with van der Waals surface area (Å²) in [5.74, 6) is -0.339. The SMILES string of the molecule is CO[C@]1(CCCCO[Si](C)(C)C(C)(C)C)CCC[C@@H](C)O1. The van der Waals surface area contributed by atoms with Crippen molar-refractivity contribution in [1.29, 1.82) is 0 Å². The molecule has 0 radical (unpaired) electrons. The minimum atomic E-state index is -1.59. The fraction of sp³-hybridized carbons (Fsp3) is 1.00. The lowest BCUT2D eigenvalue weighted by atomic mass is 9.97. The average molecular weight is 317 g/mol. The molecule has 21 heavy (non-hydrogen) atoms. The van der Waals surface area contributed by atoms with E-state index in [2.05, 4.69) is 40.8 Å². The largest absolute Gasteiger partial charge is 0.417 e. The number of methoxy groups -OCH3 is 1. The first-order chi connectivity index (χ1) is 9.62. The van der Waals surface area contributed by atoms with E-state index in [4.69, 9.17) is 13.9 Å². The Balaban J connectivity index is 2.30. The van der Waals surface area contributed by atoms with Crippen LogP contribution in [0.5, 0.6) is 0 Å². The highest BCUT2D eigenvalue weighted by Crippen LogP contribution is 2.37. The normalized spacial score (nSPS) is 27.9. The molecule has 0 aromatic rings. The van der Waals surface area contributed by atoms with Crippen molar-refractivity contribution in [2.45, 2.75) is 96.2 Å². The number of unbranched alkanes of at least 4 members (excludes halogenated alkanes) is 1. The molecule has 4 heteroatoms. The van der Waals surface area contributed by atoms with Gasteiger partial charge in [0.15, 0.2) is 14.1 Å². The lowest BCUT2D eigenvalue weighted by Crippen LogP contribution is -2.42. The molecular formula is C17H36O3Si. The van der Waals surface area contributed by atoms with Crippen molar-refractivity contribution in [1.82, 2.24) is 0 Å². The molecule has 0 aromatic heterocycles. The van der Waals surface area contributed by atoms with Crippen LogP contribution < -0.4 is 0 Å². The van der Waals surface area contributed by atoms with Crippen LogP contribution >= 0.6 is 0 Å². The van der Waals surface area contributed by atoms with E-state index in [0.717, 1.165) is 38.7 Å². The van der Waals surface area contributed by atoms with E-state index < -0.39 is 8.32 Å². The van der Waals surface area contributed by atoms with Crippen molar-refractivity contribution >= 4 is 8.32 Å². The van der Waals surface area contributed by atoms with Crippen molar-refractivity contribution in [3.05, 3.63) is 0 Å². The van der Waals surface area contributed by atoms with Gasteiger partial charge >= 0.3 is 0 Å². The Kier molecular flexibility index (Phi) is 6.91. The summed E-state index contributed by atoms with van der Waals surface area (Å²) in [6.07, 6.45) is 6.88. The molecule has 0 saturated carbocycles. The highest BCUT2D eigenvalue weighted by molar-refractivity contribution is 6.74. The van der Waals surface area contributed by atoms with E-state index in [1.807, 2.05) is 0 Å². The highest BCUT2D eigenvalue weighted by atomic mass is 28.4. The minimum absolute atomic E-state index is 0.294. The summed E-state index contributed by atoms with van der Waals surface area (Å²) in [4.78, 5) is 0. The van der Waals surface area contributed by atoms with E-state index in [9.17, 15) is 0 Å². The Bertz CT molecular complexity index is 312. The van der Waals surface area contributed by atoms with Crippen molar-refractivity contribution in [3.63, 3.8) is 0 Å². The molecule has 126 valence electrons. The Morgan fingerprint density at radius 2 is 1.90 bits per heavy atom. The number of rotatable bonds is 7. The van der Waals surface area contributed by atoms with Crippen molar-refractivity contribution in [3.8, 4) is 0 Å². The van der Waals surface area contributed by atoms with Gasteiger partial charge in [-0.2, -0.15) is 0 Å². The van der Waals surface area contributed by atoms with Gasteiger partial charge in [-0.05, 0) is 50.7 Å². The van der Waals surface area contributed by atoms with Crippen molar-refractivity contribution in [2.24, 2.45) is 0 Å². The molecule has 0 aromatic carbocycles. The third kappa shape index (κ3) is 5.66. The van der Waals surface area contributed by atoms with Crippen LogP contribution in [0, 0.1) is 0 Å². The highest BCUT2D eigenvalue weighted by Gasteiger charge is 2.37. The predicted octanol–water partition coefficient (Wildman–Crippen LogP) is 5.11. The van der Waals surface area contributed by atoms with Gasteiger partial charge in [-0.25, -0.2) is 0 Å². The molecule has 0 spiro atoms. The molecule has 2 atom stereocenters. The first-order valence-corrected chi connectivity index (χ1v) is 11.4. The zero-order valence-electron chi connectivity index (χ0n) is 15.3. The van der Waals surface area contributed by atoms with E-state index in [0.29, 0.717) is 11.1 Å². The summed E-state index contributed by atoms with van der Waals surface area (Å²) in [6, 6.07) is 0. The summed E-state index contributed by atoms with van der Waals surface area (Å²) < 4.78 is 18.0. The molecule has 1 aliphatic heterocycles. The maximum absolute atomic E-state index is 6.23. The lowest BCUT2D eigenvalue weighted by molar-refractivity contribution is -0.268. The second-order valence-corrected chi connectivity index (χ2v) is 12.8. The molecule has 0 unspecified atom stereocenters. The van der Waals surface area contributed by atoms with Gasteiger partial charge in [0.05, 0.1) is 6.10 Å². The summed E-state index contributed by atoms with van der Waals surface area (Å²) in [5.41, 5.74) is 0. The fourth-order valence-electron chi connectivity index (χ4n) is 2.62. The molecule has 3 nitrogen and oxygen atoms in total. The van der Waals surface area contributed by atoms with Crippen LogP contribution in [0.25, 0.3) is 0 Å². The Labute approximate surface area is 132 Å². The second-order valence-electron chi connectivity index (χ2n) is 8.00. The number of ether oxygens (including phenoxy) is 2. The molecule has 1 aliphatic rings. The smallest absolute Gasteiger partial charge is 0.191 e. The van der Waals surface area contributed by atoms with Crippen molar-refractivity contribution in [2.75, 3.05) is 13.7 Å². The molecule has 1 saturated heterocycles. The number of hydrogen-bond acceptors (Lipinski definition) is 3. The molecule has 0 amide bonds. The first-order valence-electron chi connectivity index (χ1n) is 8.49. The van der Waals surface area contributed by atoms with Gasteiger partial charge in [-0.1, -0.05) is 20.8 Å². The predicted molar refractivity (Wildman–Crippen MR) is 91.1 cm³/mol. The zero-order valence-corrected chi connectivity index (χ0v) is 16.3. The first kappa shape index (κ1) is 19.1. The minimum Gasteiger partial charge on any atom is -0.417 e. The Morgan fingerprint density at radius 1 is 1.24 bits per heavy atom. The third-order valence-corrected chi connectivity index (χ3v) is 9.72. The quantitative estimate of drug-likeness (QED) is 0.482. The number of hydrogen-bond donors (Lipinski definition) is 0. The zero-order chi connectivity index (χ0) is 16.1.